The molecule has 22 heavy (non-hydrogen) atoms. The smallest absolute Gasteiger partial charge is 0.406 e. The molecule has 1 heterocycles. The molecule has 1 aromatic carbocycles. The first-order valence-corrected chi connectivity index (χ1v) is 6.81. The lowest BCUT2D eigenvalue weighted by Gasteiger charge is -2.30. The molecule has 122 valence electrons. The van der Waals surface area contributed by atoms with Crippen molar-refractivity contribution in [2.75, 3.05) is 31.6 Å². The Labute approximate surface area is 126 Å². The van der Waals surface area contributed by atoms with Gasteiger partial charge < -0.3 is 14.8 Å². The molecule has 5 nitrogen and oxygen atoms in total. The van der Waals surface area contributed by atoms with Crippen molar-refractivity contribution in [1.29, 1.82) is 0 Å². The summed E-state index contributed by atoms with van der Waals surface area (Å²) in [5.41, 5.74) is 0.417. The van der Waals surface area contributed by atoms with Crippen LogP contribution in [0.2, 0.25) is 0 Å². The van der Waals surface area contributed by atoms with Crippen LogP contribution in [0.15, 0.2) is 24.3 Å². The number of carbonyl (C=O) groups excluding carboxylic acids is 1. The first-order valence-electron chi connectivity index (χ1n) is 6.81. The molecule has 0 aromatic heterocycles. The van der Waals surface area contributed by atoms with E-state index in [2.05, 4.69) is 10.1 Å². The molecule has 1 aromatic rings. The quantitative estimate of drug-likeness (QED) is 0.925. The minimum Gasteiger partial charge on any atom is -0.406 e. The minimum absolute atomic E-state index is 0.0837. The summed E-state index contributed by atoms with van der Waals surface area (Å²) in [4.78, 5) is 13.9. The number of morpholine rings is 1. The third-order valence-corrected chi connectivity index (χ3v) is 3.06. The lowest BCUT2D eigenvalue weighted by molar-refractivity contribution is -0.274. The zero-order chi connectivity index (χ0) is 16.2. The molecule has 1 saturated heterocycles. The van der Waals surface area contributed by atoms with Crippen molar-refractivity contribution in [2.45, 2.75) is 19.4 Å². The summed E-state index contributed by atoms with van der Waals surface area (Å²) in [7, 11) is 0. The minimum atomic E-state index is -4.72. The Balaban J connectivity index is 1.83. The Morgan fingerprint density at radius 3 is 2.68 bits per heavy atom. The number of hydrogen-bond donors (Lipinski definition) is 1. The van der Waals surface area contributed by atoms with E-state index < -0.39 is 6.36 Å². The van der Waals surface area contributed by atoms with Crippen LogP contribution in [0.1, 0.15) is 6.92 Å². The Kier molecular flexibility index (Phi) is 5.25. The number of hydrogen-bond acceptors (Lipinski definition) is 4. The second kappa shape index (κ2) is 6.97. The molecule has 1 aliphatic rings. The van der Waals surface area contributed by atoms with Gasteiger partial charge in [-0.1, -0.05) is 0 Å². The van der Waals surface area contributed by atoms with Crippen LogP contribution < -0.4 is 10.1 Å². The summed E-state index contributed by atoms with van der Waals surface area (Å²) in [6, 6.07) is 5.03. The van der Waals surface area contributed by atoms with Gasteiger partial charge in [-0.3, -0.25) is 9.69 Å². The number of amides is 1. The van der Waals surface area contributed by atoms with E-state index >= 15 is 0 Å². The highest BCUT2D eigenvalue weighted by molar-refractivity contribution is 5.92. The molecular weight excluding hydrogens is 301 g/mol. The van der Waals surface area contributed by atoms with Gasteiger partial charge in [0.15, 0.2) is 0 Å². The van der Waals surface area contributed by atoms with E-state index in [0.717, 1.165) is 12.1 Å². The van der Waals surface area contributed by atoms with Gasteiger partial charge in [-0.05, 0) is 31.2 Å². The van der Waals surface area contributed by atoms with Gasteiger partial charge in [0.25, 0.3) is 0 Å². The molecule has 1 aliphatic heterocycles. The van der Waals surface area contributed by atoms with Crippen LogP contribution in [0.5, 0.6) is 5.75 Å². The van der Waals surface area contributed by atoms with Crippen molar-refractivity contribution in [2.24, 2.45) is 0 Å². The molecule has 1 atom stereocenters. The summed E-state index contributed by atoms with van der Waals surface area (Å²) in [6.45, 7) is 4.08. The molecule has 1 unspecified atom stereocenters. The zero-order valence-electron chi connectivity index (χ0n) is 12.0. The van der Waals surface area contributed by atoms with Gasteiger partial charge in [0.2, 0.25) is 5.91 Å². The topological polar surface area (TPSA) is 50.8 Å². The number of rotatable bonds is 4. The number of nitrogens with one attached hydrogen (secondary N) is 1. The van der Waals surface area contributed by atoms with Crippen molar-refractivity contribution in [3.63, 3.8) is 0 Å². The molecule has 1 N–H and O–H groups in total. The van der Waals surface area contributed by atoms with Gasteiger partial charge in [0.05, 0.1) is 19.3 Å². The highest BCUT2D eigenvalue weighted by Gasteiger charge is 2.31. The van der Waals surface area contributed by atoms with Crippen molar-refractivity contribution in [1.82, 2.24) is 4.90 Å². The van der Waals surface area contributed by atoms with Gasteiger partial charge in [-0.2, -0.15) is 0 Å². The molecule has 2 rings (SSSR count). The van der Waals surface area contributed by atoms with Gasteiger partial charge >= 0.3 is 6.36 Å². The van der Waals surface area contributed by atoms with Crippen molar-refractivity contribution in [3.05, 3.63) is 24.3 Å². The molecule has 8 heteroatoms. The van der Waals surface area contributed by atoms with Crippen molar-refractivity contribution < 1.29 is 27.4 Å². The zero-order valence-corrected chi connectivity index (χ0v) is 12.0. The standard InChI is InChI=1S/C14H17F3N2O3/c1-10-8-19(6-7-21-10)9-13(20)18-11-2-4-12(5-3-11)22-14(15,16)17/h2-5,10H,6-9H2,1H3,(H,18,20). The largest absolute Gasteiger partial charge is 0.573 e. The molecule has 1 amide bonds. The van der Waals surface area contributed by atoms with E-state index in [1.807, 2.05) is 11.8 Å². The molecule has 1 fully saturated rings. The highest BCUT2D eigenvalue weighted by atomic mass is 19.4. The number of benzene rings is 1. The van der Waals surface area contributed by atoms with Crippen LogP contribution in [-0.2, 0) is 9.53 Å². The lowest BCUT2D eigenvalue weighted by atomic mass is 10.3. The monoisotopic (exact) mass is 318 g/mol. The maximum absolute atomic E-state index is 12.0. The van der Waals surface area contributed by atoms with Gasteiger partial charge in [-0.15, -0.1) is 13.2 Å². The summed E-state index contributed by atoms with van der Waals surface area (Å²) >= 11 is 0. The maximum Gasteiger partial charge on any atom is 0.573 e. The van der Waals surface area contributed by atoms with Crippen LogP contribution >= 0.6 is 0 Å². The molecule has 0 bridgehead atoms. The predicted molar refractivity (Wildman–Crippen MR) is 73.6 cm³/mol. The van der Waals surface area contributed by atoms with E-state index in [1.54, 1.807) is 0 Å². The van der Waals surface area contributed by atoms with Crippen molar-refractivity contribution >= 4 is 11.6 Å². The molecule has 0 spiro atoms. The molecule has 0 aliphatic carbocycles. The molecule has 0 saturated carbocycles. The summed E-state index contributed by atoms with van der Waals surface area (Å²) < 4.78 is 45.3. The van der Waals surface area contributed by atoms with Gasteiger partial charge in [0.1, 0.15) is 5.75 Å². The maximum atomic E-state index is 12.0. The van der Waals surface area contributed by atoms with Crippen LogP contribution in [0, 0.1) is 0 Å². The SMILES string of the molecule is CC1CN(CC(=O)Nc2ccc(OC(F)(F)F)cc2)CCO1. The third kappa shape index (κ3) is 5.53. The van der Waals surface area contributed by atoms with E-state index in [4.69, 9.17) is 4.74 Å². The molecule has 0 radical (unpaired) electrons. The fraction of sp³-hybridized carbons (Fsp3) is 0.500. The summed E-state index contributed by atoms with van der Waals surface area (Å²) in [5.74, 6) is -0.550. The average Bonchev–Trinajstić information content (AvgIpc) is 2.39. The number of carbonyl (C=O) groups is 1. The van der Waals surface area contributed by atoms with Crippen LogP contribution in [-0.4, -0.2) is 49.5 Å². The van der Waals surface area contributed by atoms with E-state index in [0.29, 0.717) is 25.4 Å². The van der Waals surface area contributed by atoms with E-state index in [-0.39, 0.29) is 24.3 Å². The highest BCUT2D eigenvalue weighted by Crippen LogP contribution is 2.23. The first-order chi connectivity index (χ1) is 10.3. The number of halogens is 3. The van der Waals surface area contributed by atoms with Crippen LogP contribution in [0.25, 0.3) is 0 Å². The fourth-order valence-corrected chi connectivity index (χ4v) is 2.18. The summed E-state index contributed by atoms with van der Waals surface area (Å²) in [6.07, 6.45) is -4.64. The second-order valence-electron chi connectivity index (χ2n) is 5.04. The lowest BCUT2D eigenvalue weighted by Crippen LogP contribution is -2.44. The first kappa shape index (κ1) is 16.6. The van der Waals surface area contributed by atoms with Gasteiger partial charge in [-0.25, -0.2) is 0 Å². The average molecular weight is 318 g/mol. The Bertz CT molecular complexity index is 505. The van der Waals surface area contributed by atoms with Crippen LogP contribution in [0.4, 0.5) is 18.9 Å². The molecular formula is C14H17F3N2O3. The summed E-state index contributed by atoms with van der Waals surface area (Å²) in [5, 5.41) is 2.64. The normalized spacial score (nSPS) is 19.7. The second-order valence-corrected chi connectivity index (χ2v) is 5.04. The Morgan fingerprint density at radius 2 is 2.09 bits per heavy atom. The van der Waals surface area contributed by atoms with Crippen molar-refractivity contribution in [3.8, 4) is 5.75 Å². The fourth-order valence-electron chi connectivity index (χ4n) is 2.18. The van der Waals surface area contributed by atoms with E-state index in [9.17, 15) is 18.0 Å². The number of nitrogens with zero attached hydrogens (tertiary/aromatic N) is 1. The Morgan fingerprint density at radius 1 is 1.41 bits per heavy atom. The van der Waals surface area contributed by atoms with Gasteiger partial charge in [0, 0.05) is 18.8 Å². The predicted octanol–water partition coefficient (Wildman–Crippen LogP) is 2.24. The van der Waals surface area contributed by atoms with E-state index in [1.165, 1.54) is 12.1 Å². The number of alkyl halides is 3. The van der Waals surface area contributed by atoms with Crippen LogP contribution in [0.3, 0.4) is 0 Å². The third-order valence-electron chi connectivity index (χ3n) is 3.06. The number of ether oxygens (including phenoxy) is 2. The Hall–Kier alpha value is -1.80. The number of anilines is 1.